The van der Waals surface area contributed by atoms with Gasteiger partial charge in [-0.25, -0.2) is 4.79 Å². The fourth-order valence-electron chi connectivity index (χ4n) is 3.08. The molecular formula is C24H18F3N5O3S. The average Bonchev–Trinajstić information content (AvgIpc) is 3.20. The summed E-state index contributed by atoms with van der Waals surface area (Å²) in [7, 11) is 0. The second-order valence-electron chi connectivity index (χ2n) is 7.24. The van der Waals surface area contributed by atoms with Gasteiger partial charge in [-0.2, -0.15) is 10.1 Å². The normalized spacial score (nSPS) is 14.9. The summed E-state index contributed by atoms with van der Waals surface area (Å²) >= 11 is 1.19. The lowest BCUT2D eigenvalue weighted by molar-refractivity contribution is -0.274. The van der Waals surface area contributed by atoms with Crippen molar-refractivity contribution in [3.8, 4) is 5.75 Å². The van der Waals surface area contributed by atoms with Gasteiger partial charge in [-0.05, 0) is 66.2 Å². The summed E-state index contributed by atoms with van der Waals surface area (Å²) in [6, 6.07) is 20.2. The highest BCUT2D eigenvalue weighted by Crippen LogP contribution is 2.27. The third-order valence-electron chi connectivity index (χ3n) is 4.63. The lowest BCUT2D eigenvalue weighted by Crippen LogP contribution is -2.30. The molecular weight excluding hydrogens is 495 g/mol. The van der Waals surface area contributed by atoms with Gasteiger partial charge in [0.25, 0.3) is 0 Å². The second-order valence-corrected chi connectivity index (χ2v) is 8.18. The molecule has 1 saturated heterocycles. The fraction of sp³-hybridized carbons (Fsp3) is 0.0833. The number of amidine groups is 1. The number of amides is 3. The maximum Gasteiger partial charge on any atom is 0.573 e. The van der Waals surface area contributed by atoms with Gasteiger partial charge in [-0.1, -0.05) is 30.0 Å². The van der Waals surface area contributed by atoms with E-state index in [-0.39, 0.29) is 17.4 Å². The molecule has 2 N–H and O–H groups in total. The maximum absolute atomic E-state index is 12.4. The number of aliphatic imine (C=N–C) groups is 1. The molecule has 184 valence electrons. The molecule has 0 aliphatic carbocycles. The van der Waals surface area contributed by atoms with Crippen LogP contribution in [0.5, 0.6) is 5.75 Å². The Morgan fingerprint density at radius 1 is 0.972 bits per heavy atom. The number of para-hydroxylation sites is 1. The number of rotatable bonds is 6. The van der Waals surface area contributed by atoms with E-state index < -0.39 is 12.4 Å². The smallest absolute Gasteiger partial charge is 0.406 e. The predicted molar refractivity (Wildman–Crippen MR) is 134 cm³/mol. The minimum Gasteiger partial charge on any atom is -0.406 e. The SMILES string of the molecule is O=C(N=C1SCC(=O)N1c1ccccc1)Nc1ccc(N/N=C/c2ccc(OC(F)(F)F)cc2)cc1. The zero-order valence-electron chi connectivity index (χ0n) is 18.4. The molecule has 0 unspecified atom stereocenters. The molecule has 0 bridgehead atoms. The van der Waals surface area contributed by atoms with Gasteiger partial charge in [0, 0.05) is 5.69 Å². The van der Waals surface area contributed by atoms with Gasteiger partial charge in [0.15, 0.2) is 5.17 Å². The van der Waals surface area contributed by atoms with Crippen LogP contribution in [0.3, 0.4) is 0 Å². The number of thioether (sulfide) groups is 1. The van der Waals surface area contributed by atoms with Gasteiger partial charge in [0.1, 0.15) is 5.75 Å². The highest BCUT2D eigenvalue weighted by Gasteiger charge is 2.31. The molecule has 1 heterocycles. The van der Waals surface area contributed by atoms with Gasteiger partial charge >= 0.3 is 12.4 Å². The van der Waals surface area contributed by atoms with Crippen molar-refractivity contribution < 1.29 is 27.5 Å². The molecule has 0 atom stereocenters. The number of benzene rings is 3. The van der Waals surface area contributed by atoms with Crippen molar-refractivity contribution in [2.24, 2.45) is 10.1 Å². The standard InChI is InChI=1S/C24H18F3N5O3S/c25-24(26,27)35-20-12-6-16(7-13-20)14-28-31-18-10-8-17(9-11-18)29-22(34)30-23-32(21(33)15-36-23)19-4-2-1-3-5-19/h1-14,31H,15H2,(H,29,34)/b28-14+,30-23?. The first kappa shape index (κ1) is 24.8. The summed E-state index contributed by atoms with van der Waals surface area (Å²) in [5, 5.41) is 6.98. The highest BCUT2D eigenvalue weighted by molar-refractivity contribution is 8.15. The van der Waals surface area contributed by atoms with Crippen molar-refractivity contribution in [2.45, 2.75) is 6.36 Å². The van der Waals surface area contributed by atoms with E-state index in [9.17, 15) is 22.8 Å². The number of urea groups is 1. The van der Waals surface area contributed by atoms with Crippen LogP contribution in [0.4, 0.5) is 35.0 Å². The zero-order chi connectivity index (χ0) is 25.5. The van der Waals surface area contributed by atoms with Crippen LogP contribution in [0, 0.1) is 0 Å². The lowest BCUT2D eigenvalue weighted by Gasteiger charge is -2.15. The van der Waals surface area contributed by atoms with E-state index in [2.05, 4.69) is 25.6 Å². The van der Waals surface area contributed by atoms with Gasteiger partial charge in [0.2, 0.25) is 5.91 Å². The number of hydrogen-bond acceptors (Lipinski definition) is 6. The Morgan fingerprint density at radius 2 is 1.64 bits per heavy atom. The first-order chi connectivity index (χ1) is 17.3. The summed E-state index contributed by atoms with van der Waals surface area (Å²) in [4.78, 5) is 30.1. The van der Waals surface area contributed by atoms with Crippen LogP contribution in [0.15, 0.2) is 89.0 Å². The monoisotopic (exact) mass is 513 g/mol. The molecule has 4 rings (SSSR count). The van der Waals surface area contributed by atoms with Crippen LogP contribution < -0.4 is 20.4 Å². The Bertz CT molecular complexity index is 1280. The van der Waals surface area contributed by atoms with Gasteiger partial charge in [0.05, 0.1) is 23.3 Å². The Morgan fingerprint density at radius 3 is 2.31 bits per heavy atom. The van der Waals surface area contributed by atoms with Crippen molar-refractivity contribution in [3.05, 3.63) is 84.4 Å². The Labute approximate surface area is 207 Å². The first-order valence-electron chi connectivity index (χ1n) is 10.4. The van der Waals surface area contributed by atoms with Crippen LogP contribution in [0.25, 0.3) is 0 Å². The third-order valence-corrected chi connectivity index (χ3v) is 5.56. The number of anilines is 3. The summed E-state index contributed by atoms with van der Waals surface area (Å²) < 4.78 is 40.5. The van der Waals surface area contributed by atoms with E-state index in [0.717, 1.165) is 0 Å². The topological polar surface area (TPSA) is 95.4 Å². The van der Waals surface area contributed by atoms with E-state index >= 15 is 0 Å². The van der Waals surface area contributed by atoms with E-state index in [1.54, 1.807) is 48.5 Å². The molecule has 1 fully saturated rings. The molecule has 1 aliphatic rings. The van der Waals surface area contributed by atoms with Crippen LogP contribution >= 0.6 is 11.8 Å². The van der Waals surface area contributed by atoms with Crippen LogP contribution in [-0.4, -0.2) is 35.4 Å². The largest absolute Gasteiger partial charge is 0.573 e. The quantitative estimate of drug-likeness (QED) is 0.326. The number of hydrogen-bond donors (Lipinski definition) is 2. The number of carbonyl (C=O) groups is 2. The van der Waals surface area contributed by atoms with E-state index in [1.165, 1.54) is 47.1 Å². The van der Waals surface area contributed by atoms with Crippen molar-refractivity contribution in [1.29, 1.82) is 0 Å². The van der Waals surface area contributed by atoms with Crippen LogP contribution in [0.2, 0.25) is 0 Å². The summed E-state index contributed by atoms with van der Waals surface area (Å²) in [5.41, 5.74) is 5.08. The molecule has 0 aromatic heterocycles. The van der Waals surface area contributed by atoms with Gasteiger partial charge in [-0.3, -0.25) is 15.1 Å². The summed E-state index contributed by atoms with van der Waals surface area (Å²) in [6.07, 6.45) is -3.31. The molecule has 3 aromatic rings. The maximum atomic E-state index is 12.4. The van der Waals surface area contributed by atoms with E-state index in [0.29, 0.717) is 27.8 Å². The van der Waals surface area contributed by atoms with Crippen LogP contribution in [-0.2, 0) is 4.79 Å². The second kappa shape index (κ2) is 11.0. The number of ether oxygens (including phenoxy) is 1. The lowest BCUT2D eigenvalue weighted by atomic mass is 10.2. The van der Waals surface area contributed by atoms with E-state index in [1.807, 2.05) is 6.07 Å². The van der Waals surface area contributed by atoms with Crippen molar-refractivity contribution in [3.63, 3.8) is 0 Å². The number of alkyl halides is 3. The van der Waals surface area contributed by atoms with Crippen LogP contribution in [0.1, 0.15) is 5.56 Å². The van der Waals surface area contributed by atoms with Gasteiger partial charge in [-0.15, -0.1) is 13.2 Å². The van der Waals surface area contributed by atoms with E-state index in [4.69, 9.17) is 0 Å². The molecule has 1 aliphatic heterocycles. The molecule has 12 heteroatoms. The highest BCUT2D eigenvalue weighted by atomic mass is 32.2. The summed E-state index contributed by atoms with van der Waals surface area (Å²) in [6.45, 7) is 0. The number of nitrogens with one attached hydrogen (secondary N) is 2. The zero-order valence-corrected chi connectivity index (χ0v) is 19.2. The number of hydrazone groups is 1. The molecule has 3 aromatic carbocycles. The molecule has 0 spiro atoms. The summed E-state index contributed by atoms with van der Waals surface area (Å²) in [5.74, 6) is -0.270. The minimum atomic E-state index is -4.74. The molecule has 0 radical (unpaired) electrons. The molecule has 8 nitrogen and oxygen atoms in total. The number of halogens is 3. The predicted octanol–water partition coefficient (Wildman–Crippen LogP) is 5.70. The Hall–Kier alpha value is -4.32. The fourth-order valence-corrected chi connectivity index (χ4v) is 3.94. The minimum absolute atomic E-state index is 0.153. The van der Waals surface area contributed by atoms with Crippen molar-refractivity contribution in [2.75, 3.05) is 21.4 Å². The van der Waals surface area contributed by atoms with Crippen molar-refractivity contribution >= 4 is 52.1 Å². The Balaban J connectivity index is 1.32. The molecule has 0 saturated carbocycles. The average molecular weight is 514 g/mol. The molecule has 3 amide bonds. The Kier molecular flexibility index (Phi) is 7.54. The number of carbonyl (C=O) groups excluding carboxylic acids is 2. The van der Waals surface area contributed by atoms with Gasteiger partial charge < -0.3 is 10.1 Å². The van der Waals surface area contributed by atoms with Crippen molar-refractivity contribution in [1.82, 2.24) is 0 Å². The number of nitrogens with zero attached hydrogens (tertiary/aromatic N) is 3. The third kappa shape index (κ3) is 6.85. The first-order valence-corrected chi connectivity index (χ1v) is 11.4. The molecule has 36 heavy (non-hydrogen) atoms.